The van der Waals surface area contributed by atoms with Crippen LogP contribution in [0.25, 0.3) is 10.2 Å². The van der Waals surface area contributed by atoms with E-state index < -0.39 is 6.10 Å². The molecule has 0 amide bonds. The minimum Gasteiger partial charge on any atom is -0.389 e. The molecular formula is C21H33N3O3S. The van der Waals surface area contributed by atoms with Crippen LogP contribution in [0.2, 0.25) is 0 Å². The first kappa shape index (κ1) is 21.4. The lowest BCUT2D eigenvalue weighted by Gasteiger charge is -2.28. The first-order valence-electron chi connectivity index (χ1n) is 10.2. The molecule has 1 aliphatic carbocycles. The van der Waals surface area contributed by atoms with Gasteiger partial charge in [-0.2, -0.15) is 0 Å². The van der Waals surface area contributed by atoms with Crippen molar-refractivity contribution in [1.29, 1.82) is 0 Å². The van der Waals surface area contributed by atoms with Crippen molar-refractivity contribution < 1.29 is 9.84 Å². The third-order valence-corrected chi connectivity index (χ3v) is 5.98. The Bertz CT molecular complexity index is 866. The monoisotopic (exact) mass is 407 g/mol. The van der Waals surface area contributed by atoms with Crippen molar-refractivity contribution in [1.82, 2.24) is 14.9 Å². The van der Waals surface area contributed by atoms with Gasteiger partial charge in [0, 0.05) is 18.0 Å². The summed E-state index contributed by atoms with van der Waals surface area (Å²) in [6, 6.07) is 0. The summed E-state index contributed by atoms with van der Waals surface area (Å²) in [5.74, 6) is 1.11. The van der Waals surface area contributed by atoms with Crippen molar-refractivity contribution in [3.05, 3.63) is 26.6 Å². The summed E-state index contributed by atoms with van der Waals surface area (Å²) in [6.45, 7) is 12.3. The molecule has 2 N–H and O–H groups in total. The van der Waals surface area contributed by atoms with Crippen molar-refractivity contribution in [3.8, 4) is 0 Å². The second-order valence-corrected chi connectivity index (χ2v) is 10.3. The number of ether oxygens (including phenoxy) is 1. The van der Waals surface area contributed by atoms with Crippen molar-refractivity contribution in [2.45, 2.75) is 72.1 Å². The van der Waals surface area contributed by atoms with Crippen LogP contribution in [-0.4, -0.2) is 51.4 Å². The van der Waals surface area contributed by atoms with Crippen LogP contribution < -0.4 is 5.56 Å². The Morgan fingerprint density at radius 1 is 1.29 bits per heavy atom. The van der Waals surface area contributed by atoms with Crippen LogP contribution in [0.4, 0.5) is 0 Å². The molecule has 6 nitrogen and oxygen atoms in total. The molecule has 1 atom stereocenters. The summed E-state index contributed by atoms with van der Waals surface area (Å²) in [7, 11) is 0. The number of thiophene rings is 1. The second kappa shape index (κ2) is 8.61. The number of hydrogen-bond acceptors (Lipinski definition) is 6. The van der Waals surface area contributed by atoms with E-state index in [2.05, 4.69) is 23.7 Å². The Morgan fingerprint density at radius 3 is 2.71 bits per heavy atom. The summed E-state index contributed by atoms with van der Waals surface area (Å²) in [6.07, 6.45) is 2.59. The molecule has 3 rings (SSSR count). The number of nitrogens with zero attached hydrogens (tertiary/aromatic N) is 2. The standard InChI is InChI=1S/C21H33N3O3S/c1-13(2)9-24(10-14(25)12-27-21(3,4)5)11-17-22-19(26)18-15-7-6-8-16(15)28-20(18)23-17/h13-14,25H,6-12H2,1-5H3,(H,22,23,26)/t14-/m0/s1. The van der Waals surface area contributed by atoms with E-state index >= 15 is 0 Å². The van der Waals surface area contributed by atoms with E-state index in [-0.39, 0.29) is 11.2 Å². The normalized spacial score (nSPS) is 15.7. The molecule has 0 saturated heterocycles. The predicted molar refractivity (Wildman–Crippen MR) is 114 cm³/mol. The summed E-state index contributed by atoms with van der Waals surface area (Å²) in [4.78, 5) is 24.7. The van der Waals surface area contributed by atoms with Gasteiger partial charge in [0.05, 0.1) is 30.2 Å². The SMILES string of the molecule is CC(C)CN(Cc1nc2sc3c(c2c(=O)[nH]1)CCC3)C[C@H](O)COC(C)(C)C. The summed E-state index contributed by atoms with van der Waals surface area (Å²) < 4.78 is 5.71. The largest absolute Gasteiger partial charge is 0.389 e. The number of rotatable bonds is 8. The van der Waals surface area contributed by atoms with Gasteiger partial charge in [0.2, 0.25) is 0 Å². The second-order valence-electron chi connectivity index (χ2n) is 9.22. The minimum absolute atomic E-state index is 0.0273. The number of fused-ring (bicyclic) bond motifs is 3. The highest BCUT2D eigenvalue weighted by Gasteiger charge is 2.22. The topological polar surface area (TPSA) is 78.5 Å². The van der Waals surface area contributed by atoms with Gasteiger partial charge in [0.25, 0.3) is 5.56 Å². The number of aliphatic hydroxyl groups is 1. The van der Waals surface area contributed by atoms with Crippen LogP contribution in [0.3, 0.4) is 0 Å². The zero-order valence-corrected chi connectivity index (χ0v) is 18.5. The van der Waals surface area contributed by atoms with Crippen molar-refractivity contribution >= 4 is 21.6 Å². The van der Waals surface area contributed by atoms with Gasteiger partial charge in [-0.3, -0.25) is 9.69 Å². The van der Waals surface area contributed by atoms with Gasteiger partial charge in [-0.05, 0) is 51.5 Å². The van der Waals surface area contributed by atoms with Gasteiger partial charge in [-0.15, -0.1) is 11.3 Å². The predicted octanol–water partition coefficient (Wildman–Crippen LogP) is 3.11. The van der Waals surface area contributed by atoms with Crippen LogP contribution in [0.1, 0.15) is 57.3 Å². The first-order chi connectivity index (χ1) is 13.1. The third kappa shape index (κ3) is 5.41. The van der Waals surface area contributed by atoms with Crippen molar-refractivity contribution in [3.63, 3.8) is 0 Å². The van der Waals surface area contributed by atoms with Crippen molar-refractivity contribution in [2.75, 3.05) is 19.7 Å². The average molecular weight is 408 g/mol. The van der Waals surface area contributed by atoms with Gasteiger partial charge >= 0.3 is 0 Å². The van der Waals surface area contributed by atoms with Crippen LogP contribution in [0, 0.1) is 5.92 Å². The molecular weight excluding hydrogens is 374 g/mol. The van der Waals surface area contributed by atoms with Crippen LogP contribution in [0.5, 0.6) is 0 Å². The van der Waals surface area contributed by atoms with E-state index in [9.17, 15) is 9.90 Å². The molecule has 156 valence electrons. The zero-order valence-electron chi connectivity index (χ0n) is 17.7. The molecule has 2 aromatic rings. The molecule has 0 unspecified atom stereocenters. The molecule has 0 aliphatic heterocycles. The fourth-order valence-corrected chi connectivity index (χ4v) is 5.03. The number of aromatic nitrogens is 2. The Labute approximate surface area is 170 Å². The Balaban J connectivity index is 1.74. The highest BCUT2D eigenvalue weighted by molar-refractivity contribution is 7.18. The highest BCUT2D eigenvalue weighted by atomic mass is 32.1. The lowest BCUT2D eigenvalue weighted by atomic mass is 10.1. The lowest BCUT2D eigenvalue weighted by molar-refractivity contribution is -0.0574. The van der Waals surface area contributed by atoms with E-state index in [4.69, 9.17) is 9.72 Å². The first-order valence-corrected chi connectivity index (χ1v) is 11.0. The van der Waals surface area contributed by atoms with E-state index in [1.165, 1.54) is 10.4 Å². The number of aliphatic hydroxyl groups excluding tert-OH is 1. The zero-order chi connectivity index (χ0) is 20.5. The molecule has 28 heavy (non-hydrogen) atoms. The maximum atomic E-state index is 12.7. The van der Waals surface area contributed by atoms with Gasteiger partial charge in [-0.25, -0.2) is 4.98 Å². The van der Waals surface area contributed by atoms with E-state index in [1.807, 2.05) is 20.8 Å². The van der Waals surface area contributed by atoms with Gasteiger partial charge in [-0.1, -0.05) is 13.8 Å². The third-order valence-electron chi connectivity index (χ3n) is 4.80. The minimum atomic E-state index is -0.584. The van der Waals surface area contributed by atoms with Crippen molar-refractivity contribution in [2.24, 2.45) is 5.92 Å². The van der Waals surface area contributed by atoms with Crippen LogP contribution in [0.15, 0.2) is 4.79 Å². The van der Waals surface area contributed by atoms with Gasteiger partial charge in [0.15, 0.2) is 0 Å². The highest BCUT2D eigenvalue weighted by Crippen LogP contribution is 2.34. The fraction of sp³-hybridized carbons (Fsp3) is 0.714. The molecule has 7 heteroatoms. The maximum absolute atomic E-state index is 12.7. The number of H-pyrrole nitrogens is 1. The molecule has 0 radical (unpaired) electrons. The van der Waals surface area contributed by atoms with E-state index in [0.717, 1.165) is 36.0 Å². The molecule has 0 saturated carbocycles. The van der Waals surface area contributed by atoms with E-state index in [0.29, 0.717) is 31.4 Å². The van der Waals surface area contributed by atoms with E-state index in [1.54, 1.807) is 11.3 Å². The Kier molecular flexibility index (Phi) is 6.59. The quantitative estimate of drug-likeness (QED) is 0.703. The molecule has 1 aliphatic rings. The maximum Gasteiger partial charge on any atom is 0.259 e. The fourth-order valence-electron chi connectivity index (χ4n) is 3.75. The molecule has 0 spiro atoms. The lowest BCUT2D eigenvalue weighted by Crippen LogP contribution is -2.39. The summed E-state index contributed by atoms with van der Waals surface area (Å²) in [5, 5.41) is 11.2. The van der Waals surface area contributed by atoms with Crippen LogP contribution in [-0.2, 0) is 24.1 Å². The molecule has 2 aromatic heterocycles. The summed E-state index contributed by atoms with van der Waals surface area (Å²) in [5.41, 5.74) is 0.899. The Hall–Kier alpha value is -1.28. The number of hydrogen-bond donors (Lipinski definition) is 2. The van der Waals surface area contributed by atoms with Crippen LogP contribution >= 0.6 is 11.3 Å². The molecule has 0 fully saturated rings. The molecule has 2 heterocycles. The summed E-state index contributed by atoms with van der Waals surface area (Å²) >= 11 is 1.66. The number of nitrogens with one attached hydrogen (secondary N) is 1. The van der Waals surface area contributed by atoms with Gasteiger partial charge < -0.3 is 14.8 Å². The number of aromatic amines is 1. The Morgan fingerprint density at radius 2 is 2.04 bits per heavy atom. The van der Waals surface area contributed by atoms with Gasteiger partial charge in [0.1, 0.15) is 10.7 Å². The molecule has 0 aromatic carbocycles. The smallest absolute Gasteiger partial charge is 0.259 e. The molecule has 0 bridgehead atoms. The average Bonchev–Trinajstić information content (AvgIpc) is 3.11. The number of aryl methyl sites for hydroxylation is 2.